The van der Waals surface area contributed by atoms with Gasteiger partial charge >= 0.3 is 0 Å². The van der Waals surface area contributed by atoms with Crippen molar-refractivity contribution in [1.29, 1.82) is 0 Å². The zero-order valence-electron chi connectivity index (χ0n) is 12.6. The SMILES string of the molecule is CC1=C(C(=O)Nc2ccccc2C)CC(c2cccnc2)=N1. The molecule has 4 heteroatoms. The molecule has 0 atom stereocenters. The van der Waals surface area contributed by atoms with Crippen LogP contribution in [0, 0.1) is 6.92 Å². The highest BCUT2D eigenvalue weighted by Crippen LogP contribution is 2.25. The summed E-state index contributed by atoms with van der Waals surface area (Å²) in [6.45, 7) is 3.85. The molecule has 0 radical (unpaired) electrons. The average Bonchev–Trinajstić information content (AvgIpc) is 2.92. The van der Waals surface area contributed by atoms with Gasteiger partial charge in [0.05, 0.1) is 5.71 Å². The fraction of sp³-hybridized carbons (Fsp3) is 0.167. The molecule has 0 spiro atoms. The van der Waals surface area contributed by atoms with Crippen molar-refractivity contribution in [3.8, 4) is 0 Å². The zero-order valence-corrected chi connectivity index (χ0v) is 12.6. The standard InChI is InChI=1S/C18H17N3O/c1-12-6-3-4-8-16(12)21-18(22)15-10-17(20-13(15)2)14-7-5-9-19-11-14/h3-9,11H,10H2,1-2H3,(H,21,22). The van der Waals surface area contributed by atoms with Crippen molar-refractivity contribution in [2.75, 3.05) is 5.32 Å². The predicted molar refractivity (Wildman–Crippen MR) is 87.9 cm³/mol. The van der Waals surface area contributed by atoms with Crippen molar-refractivity contribution in [3.05, 3.63) is 71.2 Å². The molecule has 1 aliphatic heterocycles. The Balaban J connectivity index is 1.76. The number of hydrogen-bond acceptors (Lipinski definition) is 3. The van der Waals surface area contributed by atoms with Gasteiger partial charge in [0.15, 0.2) is 0 Å². The summed E-state index contributed by atoms with van der Waals surface area (Å²) in [4.78, 5) is 21.1. The van der Waals surface area contributed by atoms with Crippen LogP contribution in [0.5, 0.6) is 0 Å². The molecule has 22 heavy (non-hydrogen) atoms. The Kier molecular flexibility index (Phi) is 3.83. The number of para-hydroxylation sites is 1. The smallest absolute Gasteiger partial charge is 0.253 e. The lowest BCUT2D eigenvalue weighted by atomic mass is 10.0. The molecule has 1 amide bonds. The molecule has 1 N–H and O–H groups in total. The molecule has 0 aliphatic carbocycles. The minimum atomic E-state index is -0.0885. The molecule has 2 heterocycles. The van der Waals surface area contributed by atoms with Gasteiger partial charge in [0.25, 0.3) is 5.91 Å². The van der Waals surface area contributed by atoms with Gasteiger partial charge in [-0.2, -0.15) is 0 Å². The van der Waals surface area contributed by atoms with Crippen LogP contribution >= 0.6 is 0 Å². The van der Waals surface area contributed by atoms with Crippen LogP contribution in [0.2, 0.25) is 0 Å². The molecule has 1 aromatic carbocycles. The fourth-order valence-corrected chi connectivity index (χ4v) is 2.46. The van der Waals surface area contributed by atoms with Crippen LogP contribution in [0.25, 0.3) is 0 Å². The maximum Gasteiger partial charge on any atom is 0.253 e. The van der Waals surface area contributed by atoms with Gasteiger partial charge in [-0.1, -0.05) is 24.3 Å². The Morgan fingerprint density at radius 3 is 2.68 bits per heavy atom. The van der Waals surface area contributed by atoms with Crippen LogP contribution in [0.15, 0.2) is 65.1 Å². The van der Waals surface area contributed by atoms with E-state index < -0.39 is 0 Å². The van der Waals surface area contributed by atoms with Gasteiger partial charge < -0.3 is 5.32 Å². The number of nitrogens with zero attached hydrogens (tertiary/aromatic N) is 2. The van der Waals surface area contributed by atoms with Gasteiger partial charge in [-0.25, -0.2) is 0 Å². The molecule has 1 aliphatic rings. The normalized spacial score (nSPS) is 14.0. The molecule has 4 nitrogen and oxygen atoms in total. The van der Waals surface area contributed by atoms with Gasteiger partial charge in [-0.3, -0.25) is 14.8 Å². The van der Waals surface area contributed by atoms with E-state index in [1.54, 1.807) is 12.4 Å². The highest BCUT2D eigenvalue weighted by Gasteiger charge is 2.22. The van der Waals surface area contributed by atoms with E-state index in [2.05, 4.69) is 15.3 Å². The fourth-order valence-electron chi connectivity index (χ4n) is 2.46. The summed E-state index contributed by atoms with van der Waals surface area (Å²) in [5, 5.41) is 2.97. The molecule has 0 unspecified atom stereocenters. The zero-order chi connectivity index (χ0) is 15.5. The molecule has 110 valence electrons. The predicted octanol–water partition coefficient (Wildman–Crippen LogP) is 3.50. The van der Waals surface area contributed by atoms with E-state index in [1.807, 2.05) is 50.2 Å². The summed E-state index contributed by atoms with van der Waals surface area (Å²) < 4.78 is 0. The quantitative estimate of drug-likeness (QED) is 0.941. The third-order valence-electron chi connectivity index (χ3n) is 3.75. The van der Waals surface area contributed by atoms with Gasteiger partial charge in [-0.15, -0.1) is 0 Å². The van der Waals surface area contributed by atoms with Crippen molar-refractivity contribution in [1.82, 2.24) is 4.98 Å². The monoisotopic (exact) mass is 291 g/mol. The van der Waals surface area contributed by atoms with Crippen LogP contribution < -0.4 is 5.32 Å². The van der Waals surface area contributed by atoms with Crippen LogP contribution in [0.4, 0.5) is 5.69 Å². The van der Waals surface area contributed by atoms with Gasteiger partial charge in [0, 0.05) is 41.3 Å². The molecule has 1 aromatic heterocycles. The van der Waals surface area contributed by atoms with E-state index in [-0.39, 0.29) is 5.91 Å². The number of benzene rings is 1. The lowest BCUT2D eigenvalue weighted by Crippen LogP contribution is -2.16. The highest BCUT2D eigenvalue weighted by molar-refractivity contribution is 6.14. The first-order valence-corrected chi connectivity index (χ1v) is 7.20. The number of aromatic nitrogens is 1. The lowest BCUT2D eigenvalue weighted by molar-refractivity contribution is -0.112. The lowest BCUT2D eigenvalue weighted by Gasteiger charge is -2.09. The highest BCUT2D eigenvalue weighted by atomic mass is 16.1. The van der Waals surface area contributed by atoms with Gasteiger partial charge in [-0.05, 0) is 31.5 Å². The third-order valence-corrected chi connectivity index (χ3v) is 3.75. The summed E-state index contributed by atoms with van der Waals surface area (Å²) in [5.74, 6) is -0.0885. The second-order valence-corrected chi connectivity index (χ2v) is 5.31. The van der Waals surface area contributed by atoms with Crippen molar-refractivity contribution in [2.24, 2.45) is 4.99 Å². The summed E-state index contributed by atoms with van der Waals surface area (Å²) >= 11 is 0. The number of nitrogens with one attached hydrogen (secondary N) is 1. The van der Waals surface area contributed by atoms with Crippen LogP contribution in [0.3, 0.4) is 0 Å². The summed E-state index contributed by atoms with van der Waals surface area (Å²) in [7, 11) is 0. The van der Waals surface area contributed by atoms with E-state index in [4.69, 9.17) is 0 Å². The Labute approximate surface area is 129 Å². The molecular formula is C18H17N3O. The van der Waals surface area contributed by atoms with Gasteiger partial charge in [0.2, 0.25) is 0 Å². The number of aliphatic imine (C=N–C) groups is 1. The molecule has 0 saturated carbocycles. The minimum Gasteiger partial charge on any atom is -0.322 e. The van der Waals surface area contributed by atoms with Crippen LogP contribution in [0.1, 0.15) is 24.5 Å². The number of rotatable bonds is 3. The van der Waals surface area contributed by atoms with E-state index >= 15 is 0 Å². The van der Waals surface area contributed by atoms with Crippen molar-refractivity contribution >= 4 is 17.3 Å². The van der Waals surface area contributed by atoms with Gasteiger partial charge in [0.1, 0.15) is 0 Å². The van der Waals surface area contributed by atoms with Crippen LogP contribution in [-0.2, 0) is 4.79 Å². The molecule has 0 bridgehead atoms. The van der Waals surface area contributed by atoms with E-state index in [0.29, 0.717) is 12.0 Å². The number of allylic oxidation sites excluding steroid dienone is 1. The molecule has 2 aromatic rings. The molecule has 0 fully saturated rings. The number of anilines is 1. The Hall–Kier alpha value is -2.75. The van der Waals surface area contributed by atoms with Crippen molar-refractivity contribution in [2.45, 2.75) is 20.3 Å². The van der Waals surface area contributed by atoms with Crippen molar-refractivity contribution < 1.29 is 4.79 Å². The number of amides is 1. The summed E-state index contributed by atoms with van der Waals surface area (Å²) in [6.07, 6.45) is 4.04. The third kappa shape index (κ3) is 2.81. The van der Waals surface area contributed by atoms with E-state index in [0.717, 1.165) is 28.2 Å². The number of aryl methyl sites for hydroxylation is 1. The average molecular weight is 291 g/mol. The van der Waals surface area contributed by atoms with E-state index in [9.17, 15) is 4.79 Å². The van der Waals surface area contributed by atoms with Crippen LogP contribution in [-0.4, -0.2) is 16.6 Å². The molecule has 0 saturated heterocycles. The Morgan fingerprint density at radius 1 is 1.14 bits per heavy atom. The van der Waals surface area contributed by atoms with E-state index in [1.165, 1.54) is 0 Å². The minimum absolute atomic E-state index is 0.0885. The Bertz CT molecular complexity index is 776. The second kappa shape index (κ2) is 5.93. The first-order valence-electron chi connectivity index (χ1n) is 7.20. The Morgan fingerprint density at radius 2 is 1.95 bits per heavy atom. The maximum absolute atomic E-state index is 12.5. The molecular weight excluding hydrogens is 274 g/mol. The topological polar surface area (TPSA) is 54.4 Å². The number of pyridine rings is 1. The number of hydrogen-bond donors (Lipinski definition) is 1. The van der Waals surface area contributed by atoms with Crippen molar-refractivity contribution in [3.63, 3.8) is 0 Å². The first kappa shape index (κ1) is 14.2. The maximum atomic E-state index is 12.5. The molecule has 3 rings (SSSR count). The number of carbonyl (C=O) groups excluding carboxylic acids is 1. The summed E-state index contributed by atoms with van der Waals surface area (Å²) in [5.41, 5.74) is 5.20. The summed E-state index contributed by atoms with van der Waals surface area (Å²) in [6, 6.07) is 11.6. The number of carbonyl (C=O) groups is 1. The largest absolute Gasteiger partial charge is 0.322 e. The first-order chi connectivity index (χ1) is 10.6. The second-order valence-electron chi connectivity index (χ2n) is 5.31.